The van der Waals surface area contributed by atoms with Crippen LogP contribution in [0.1, 0.15) is 31.9 Å². The Morgan fingerprint density at radius 1 is 1.13 bits per heavy atom. The molecule has 1 N–H and O–H groups in total. The molecule has 1 aliphatic heterocycles. The second-order valence-corrected chi connectivity index (χ2v) is 9.34. The molecule has 0 amide bonds. The number of nitrogens with zero attached hydrogens (tertiary/aromatic N) is 1. The number of hydrogen-bond donors (Lipinski definition) is 1. The smallest absolute Gasteiger partial charge is 0.309 e. The van der Waals surface area contributed by atoms with Crippen LogP contribution in [0.3, 0.4) is 0 Å². The van der Waals surface area contributed by atoms with Gasteiger partial charge in [-0.15, -0.1) is 0 Å². The molecule has 5 rings (SSSR count). The maximum Gasteiger partial charge on any atom is 0.309 e. The number of aliphatic hydroxyl groups is 1. The largest absolute Gasteiger partial charge is 0.462 e. The van der Waals surface area contributed by atoms with Crippen molar-refractivity contribution < 1.29 is 19.0 Å². The third kappa shape index (κ3) is 3.33. The molecule has 30 heavy (non-hydrogen) atoms. The SMILES string of the molecule is C[C@H]1OC(=O)[C@@H]2C[C@H](CO)C3CCC(Cc4ccc(-c5cccc(F)c5)cn4)[C@@H]3[C@H]12. The lowest BCUT2D eigenvalue weighted by atomic mass is 9.60. The molecule has 2 unspecified atom stereocenters. The molecule has 7 atom stereocenters. The zero-order chi connectivity index (χ0) is 20.8. The minimum Gasteiger partial charge on any atom is -0.462 e. The molecule has 3 fully saturated rings. The van der Waals surface area contributed by atoms with Crippen molar-refractivity contribution in [2.45, 2.75) is 38.7 Å². The zero-order valence-electron chi connectivity index (χ0n) is 17.2. The molecule has 1 saturated heterocycles. The molecule has 1 aromatic carbocycles. The number of carbonyl (C=O) groups excluding carboxylic acids is 1. The van der Waals surface area contributed by atoms with Gasteiger partial charge in [0, 0.05) is 30.0 Å². The van der Waals surface area contributed by atoms with E-state index < -0.39 is 0 Å². The summed E-state index contributed by atoms with van der Waals surface area (Å²) >= 11 is 0. The van der Waals surface area contributed by atoms with E-state index >= 15 is 0 Å². The van der Waals surface area contributed by atoms with Gasteiger partial charge in [-0.05, 0) is 80.0 Å². The van der Waals surface area contributed by atoms with Crippen LogP contribution in [0.5, 0.6) is 0 Å². The van der Waals surface area contributed by atoms with Gasteiger partial charge in [0.2, 0.25) is 0 Å². The van der Waals surface area contributed by atoms with Gasteiger partial charge in [0.25, 0.3) is 0 Å². The summed E-state index contributed by atoms with van der Waals surface area (Å²) in [5.74, 6) is 1.36. The van der Waals surface area contributed by atoms with Crippen LogP contribution in [0.4, 0.5) is 4.39 Å². The maximum atomic E-state index is 13.5. The van der Waals surface area contributed by atoms with Gasteiger partial charge in [-0.2, -0.15) is 0 Å². The lowest BCUT2D eigenvalue weighted by Crippen LogP contribution is -2.43. The molecule has 0 bridgehead atoms. The summed E-state index contributed by atoms with van der Waals surface area (Å²) < 4.78 is 19.1. The number of halogens is 1. The van der Waals surface area contributed by atoms with Crippen molar-refractivity contribution in [2.75, 3.05) is 6.61 Å². The summed E-state index contributed by atoms with van der Waals surface area (Å²) in [7, 11) is 0. The highest BCUT2D eigenvalue weighted by atomic mass is 19.1. The third-order valence-corrected chi connectivity index (χ3v) is 7.82. The van der Waals surface area contributed by atoms with Gasteiger partial charge in [0.15, 0.2) is 0 Å². The van der Waals surface area contributed by atoms with E-state index in [1.165, 1.54) is 12.1 Å². The quantitative estimate of drug-likeness (QED) is 0.767. The fraction of sp³-hybridized carbons (Fsp3) is 0.520. The van der Waals surface area contributed by atoms with E-state index in [9.17, 15) is 14.3 Å². The summed E-state index contributed by atoms with van der Waals surface area (Å²) in [6.45, 7) is 2.18. The van der Waals surface area contributed by atoms with Crippen molar-refractivity contribution in [1.82, 2.24) is 4.98 Å². The molecule has 3 aliphatic rings. The average molecular weight is 410 g/mol. The second-order valence-electron chi connectivity index (χ2n) is 9.34. The van der Waals surface area contributed by atoms with Gasteiger partial charge in [0.1, 0.15) is 11.9 Å². The molecule has 1 aromatic heterocycles. The molecule has 2 aromatic rings. The van der Waals surface area contributed by atoms with Crippen molar-refractivity contribution in [2.24, 2.45) is 35.5 Å². The summed E-state index contributed by atoms with van der Waals surface area (Å²) in [4.78, 5) is 17.1. The summed E-state index contributed by atoms with van der Waals surface area (Å²) in [6.07, 6.45) is 5.61. The van der Waals surface area contributed by atoms with Crippen LogP contribution >= 0.6 is 0 Å². The number of rotatable bonds is 4. The lowest BCUT2D eigenvalue weighted by molar-refractivity contribution is -0.144. The van der Waals surface area contributed by atoms with Crippen LogP contribution < -0.4 is 0 Å². The van der Waals surface area contributed by atoms with E-state index in [0.717, 1.165) is 42.5 Å². The first kappa shape index (κ1) is 19.7. The normalized spacial score (nSPS) is 35.0. The molecule has 158 valence electrons. The molecular weight excluding hydrogens is 381 g/mol. The number of cyclic esters (lactones) is 1. The molecule has 2 aliphatic carbocycles. The molecule has 4 nitrogen and oxygen atoms in total. The number of aromatic nitrogens is 1. The maximum absolute atomic E-state index is 13.5. The Labute approximate surface area is 176 Å². The van der Waals surface area contributed by atoms with Crippen molar-refractivity contribution in [3.63, 3.8) is 0 Å². The Morgan fingerprint density at radius 3 is 2.73 bits per heavy atom. The van der Waals surface area contributed by atoms with E-state index in [0.29, 0.717) is 17.8 Å². The number of aliphatic hydroxyl groups excluding tert-OH is 1. The number of hydrogen-bond acceptors (Lipinski definition) is 4. The number of esters is 1. The molecule has 0 radical (unpaired) electrons. The van der Waals surface area contributed by atoms with Crippen LogP contribution in [0.2, 0.25) is 0 Å². The van der Waals surface area contributed by atoms with E-state index in [1.807, 2.05) is 31.3 Å². The van der Waals surface area contributed by atoms with E-state index in [4.69, 9.17) is 4.74 Å². The van der Waals surface area contributed by atoms with E-state index in [2.05, 4.69) is 4.98 Å². The standard InChI is InChI=1S/C25H28FNO3/c1-14-23-22(25(29)30-14)11-18(13-28)21-8-6-16(24(21)23)10-20-7-5-17(12-27-20)15-3-2-4-19(26)9-15/h2-5,7,9,12,14,16,18,21-24,28H,6,8,10-11,13H2,1H3/t14-,16?,18-,21?,22-,23-,24+/m1/s1. The Hall–Kier alpha value is -2.27. The highest BCUT2D eigenvalue weighted by Crippen LogP contribution is 2.57. The van der Waals surface area contributed by atoms with Crippen LogP contribution in [0, 0.1) is 41.3 Å². The van der Waals surface area contributed by atoms with E-state index in [-0.39, 0.29) is 42.3 Å². The number of fused-ring (bicyclic) bond motifs is 3. The van der Waals surface area contributed by atoms with Crippen LogP contribution in [0.15, 0.2) is 42.6 Å². The minimum atomic E-state index is -0.249. The fourth-order valence-corrected chi connectivity index (χ4v) is 6.56. The number of carbonyl (C=O) groups is 1. The first-order chi connectivity index (χ1) is 14.5. The Balaban J connectivity index is 1.36. The molecule has 2 heterocycles. The number of ether oxygens (including phenoxy) is 1. The van der Waals surface area contributed by atoms with Crippen molar-refractivity contribution in [3.05, 3.63) is 54.1 Å². The molecule has 2 saturated carbocycles. The third-order valence-electron chi connectivity index (χ3n) is 7.82. The Kier molecular flexibility index (Phi) is 5.10. The van der Waals surface area contributed by atoms with Crippen LogP contribution in [0.25, 0.3) is 11.1 Å². The van der Waals surface area contributed by atoms with Crippen LogP contribution in [-0.2, 0) is 16.0 Å². The van der Waals surface area contributed by atoms with Gasteiger partial charge in [-0.25, -0.2) is 4.39 Å². The van der Waals surface area contributed by atoms with Crippen molar-refractivity contribution >= 4 is 5.97 Å². The van der Waals surface area contributed by atoms with Crippen molar-refractivity contribution in [3.8, 4) is 11.1 Å². The minimum absolute atomic E-state index is 0.0430. The monoisotopic (exact) mass is 409 g/mol. The average Bonchev–Trinajstić information content (AvgIpc) is 3.28. The van der Waals surface area contributed by atoms with Crippen molar-refractivity contribution in [1.29, 1.82) is 0 Å². The summed E-state index contributed by atoms with van der Waals surface area (Å²) in [5.41, 5.74) is 2.76. The van der Waals surface area contributed by atoms with Gasteiger partial charge >= 0.3 is 5.97 Å². The predicted molar refractivity (Wildman–Crippen MR) is 111 cm³/mol. The van der Waals surface area contributed by atoms with E-state index in [1.54, 1.807) is 6.07 Å². The highest BCUT2D eigenvalue weighted by Gasteiger charge is 2.57. The molecule has 5 heteroatoms. The zero-order valence-corrected chi connectivity index (χ0v) is 17.2. The number of pyridine rings is 1. The fourth-order valence-electron chi connectivity index (χ4n) is 6.56. The number of benzene rings is 1. The van der Waals surface area contributed by atoms with Crippen LogP contribution in [-0.4, -0.2) is 28.8 Å². The molecule has 0 spiro atoms. The first-order valence-electron chi connectivity index (χ1n) is 11.1. The predicted octanol–water partition coefficient (Wildman–Crippen LogP) is 4.26. The van der Waals surface area contributed by atoms with Gasteiger partial charge < -0.3 is 9.84 Å². The second kappa shape index (κ2) is 7.77. The summed E-state index contributed by atoms with van der Waals surface area (Å²) in [5, 5.41) is 9.95. The first-order valence-corrected chi connectivity index (χ1v) is 11.1. The lowest BCUT2D eigenvalue weighted by Gasteiger charge is -2.42. The Morgan fingerprint density at radius 2 is 2.00 bits per heavy atom. The van der Waals surface area contributed by atoms with Gasteiger partial charge in [-0.3, -0.25) is 9.78 Å². The van der Waals surface area contributed by atoms with Gasteiger partial charge in [-0.1, -0.05) is 18.2 Å². The Bertz CT molecular complexity index is 930. The molecular formula is C25H28FNO3. The summed E-state index contributed by atoms with van der Waals surface area (Å²) in [6, 6.07) is 10.6. The van der Waals surface area contributed by atoms with Gasteiger partial charge in [0.05, 0.1) is 5.92 Å². The highest BCUT2D eigenvalue weighted by molar-refractivity contribution is 5.75. The topological polar surface area (TPSA) is 59.4 Å².